The molecule has 3 heterocycles. The predicted molar refractivity (Wildman–Crippen MR) is 138 cm³/mol. The smallest absolute Gasteiger partial charge is 0.262 e. The van der Waals surface area contributed by atoms with Crippen LogP contribution in [0.2, 0.25) is 0 Å². The number of rotatable bonds is 8. The number of aromatic amines is 2. The Kier molecular flexibility index (Phi) is 6.50. The molecule has 5 rings (SSSR count). The summed E-state index contributed by atoms with van der Waals surface area (Å²) in [7, 11) is 0. The Balaban J connectivity index is 1.27. The number of fused-ring (bicyclic) bond motifs is 2. The first kappa shape index (κ1) is 23.0. The second-order valence-electron chi connectivity index (χ2n) is 8.85. The van der Waals surface area contributed by atoms with Gasteiger partial charge in [0.05, 0.1) is 10.9 Å². The second kappa shape index (κ2) is 9.87. The number of benzene rings is 2. The first-order valence-corrected chi connectivity index (χ1v) is 12.3. The minimum absolute atomic E-state index is 0.175. The molecule has 0 saturated carbocycles. The van der Waals surface area contributed by atoms with Crippen molar-refractivity contribution in [2.24, 2.45) is 0 Å². The van der Waals surface area contributed by atoms with Gasteiger partial charge in [-0.15, -0.1) is 0 Å². The van der Waals surface area contributed by atoms with E-state index in [1.807, 2.05) is 29.3 Å². The van der Waals surface area contributed by atoms with Crippen LogP contribution in [-0.2, 0) is 17.8 Å². The lowest BCUT2D eigenvalue weighted by molar-refractivity contribution is -0.127. The van der Waals surface area contributed by atoms with E-state index in [1.165, 1.54) is 0 Å². The third-order valence-corrected chi connectivity index (χ3v) is 6.91. The van der Waals surface area contributed by atoms with Crippen molar-refractivity contribution in [3.05, 3.63) is 74.9 Å². The zero-order chi connectivity index (χ0) is 24.4. The molecule has 0 atom stereocenters. The largest absolute Gasteiger partial charge is 0.361 e. The van der Waals surface area contributed by atoms with E-state index >= 15 is 0 Å². The molecule has 8 nitrogen and oxygen atoms in total. The molecule has 1 aliphatic heterocycles. The Morgan fingerprint density at radius 3 is 2.74 bits per heavy atom. The Morgan fingerprint density at radius 1 is 1.06 bits per heavy atom. The highest BCUT2D eigenvalue weighted by Gasteiger charge is 2.19. The van der Waals surface area contributed by atoms with Crippen LogP contribution in [0, 0.1) is 4.77 Å². The number of carbonyl (C=O) groups excluding carboxylic acids is 2. The van der Waals surface area contributed by atoms with Gasteiger partial charge in [0.25, 0.3) is 11.5 Å². The molecule has 2 aromatic heterocycles. The van der Waals surface area contributed by atoms with Crippen LogP contribution in [0.4, 0.5) is 0 Å². The lowest BCUT2D eigenvalue weighted by atomic mass is 10.1. The molecule has 9 heteroatoms. The van der Waals surface area contributed by atoms with Crippen molar-refractivity contribution < 1.29 is 9.59 Å². The average molecular weight is 490 g/mol. The Labute approximate surface area is 207 Å². The molecule has 0 unspecified atom stereocenters. The molecular formula is C26H27N5O3S. The van der Waals surface area contributed by atoms with Gasteiger partial charge in [-0.2, -0.15) is 0 Å². The summed E-state index contributed by atoms with van der Waals surface area (Å²) in [6.07, 6.45) is 4.87. The third kappa shape index (κ3) is 4.77. The van der Waals surface area contributed by atoms with Crippen LogP contribution >= 0.6 is 12.2 Å². The maximum absolute atomic E-state index is 13.2. The number of amides is 2. The first-order valence-electron chi connectivity index (χ1n) is 11.9. The Morgan fingerprint density at radius 2 is 1.91 bits per heavy atom. The number of hydrogen-bond acceptors (Lipinski definition) is 4. The number of nitrogens with one attached hydrogen (secondary N) is 3. The highest BCUT2D eigenvalue weighted by molar-refractivity contribution is 7.71. The fourth-order valence-electron chi connectivity index (χ4n) is 4.68. The molecule has 0 radical (unpaired) electrons. The SMILES string of the molecule is O=C(NCCCN1CCCC1=O)c1ccc2c(=O)n(CCc3c[nH]c4ccccc34)c(=S)[nH]c2c1. The molecule has 2 amide bonds. The fraction of sp³-hybridized carbons (Fsp3) is 0.308. The van der Waals surface area contributed by atoms with Crippen molar-refractivity contribution in [2.75, 3.05) is 19.6 Å². The van der Waals surface area contributed by atoms with Crippen LogP contribution < -0.4 is 10.9 Å². The van der Waals surface area contributed by atoms with Gasteiger partial charge in [0.1, 0.15) is 0 Å². The zero-order valence-corrected chi connectivity index (χ0v) is 20.1. The molecule has 3 N–H and O–H groups in total. The van der Waals surface area contributed by atoms with E-state index in [9.17, 15) is 14.4 Å². The molecule has 0 spiro atoms. The van der Waals surface area contributed by atoms with Gasteiger partial charge in [-0.05, 0) is 61.3 Å². The number of nitrogens with zero attached hydrogens (tertiary/aromatic N) is 2. The minimum Gasteiger partial charge on any atom is -0.361 e. The van der Waals surface area contributed by atoms with Crippen LogP contribution in [0.25, 0.3) is 21.8 Å². The van der Waals surface area contributed by atoms with Gasteiger partial charge >= 0.3 is 0 Å². The number of para-hydroxylation sites is 1. The minimum atomic E-state index is -0.220. The highest BCUT2D eigenvalue weighted by atomic mass is 32.1. The van der Waals surface area contributed by atoms with E-state index in [0.29, 0.717) is 60.1 Å². The molecule has 1 saturated heterocycles. The zero-order valence-electron chi connectivity index (χ0n) is 19.3. The first-order chi connectivity index (χ1) is 17.0. The summed E-state index contributed by atoms with van der Waals surface area (Å²) in [5.41, 5.74) is 3.01. The fourth-order valence-corrected chi connectivity index (χ4v) is 4.97. The van der Waals surface area contributed by atoms with E-state index in [0.717, 1.165) is 29.4 Å². The van der Waals surface area contributed by atoms with E-state index in [4.69, 9.17) is 12.2 Å². The van der Waals surface area contributed by atoms with Crippen molar-refractivity contribution >= 4 is 45.8 Å². The van der Waals surface area contributed by atoms with E-state index in [-0.39, 0.29) is 17.4 Å². The molecule has 4 aromatic rings. The molecule has 1 aliphatic rings. The van der Waals surface area contributed by atoms with Crippen LogP contribution in [0.15, 0.2) is 53.5 Å². The van der Waals surface area contributed by atoms with Gasteiger partial charge in [0, 0.05) is 55.3 Å². The van der Waals surface area contributed by atoms with Gasteiger partial charge in [-0.3, -0.25) is 19.0 Å². The lowest BCUT2D eigenvalue weighted by Crippen LogP contribution is -2.30. The van der Waals surface area contributed by atoms with Gasteiger partial charge in [0.2, 0.25) is 5.91 Å². The van der Waals surface area contributed by atoms with Gasteiger partial charge < -0.3 is 20.2 Å². The summed E-state index contributed by atoms with van der Waals surface area (Å²) in [6, 6.07) is 13.1. The van der Waals surface area contributed by atoms with Crippen molar-refractivity contribution in [3.8, 4) is 0 Å². The predicted octanol–water partition coefficient (Wildman–Crippen LogP) is 3.53. The summed E-state index contributed by atoms with van der Waals surface area (Å²) in [6.45, 7) is 2.39. The van der Waals surface area contributed by atoms with E-state index in [2.05, 4.69) is 21.4 Å². The maximum Gasteiger partial charge on any atom is 0.262 e. The van der Waals surface area contributed by atoms with Crippen molar-refractivity contribution in [1.29, 1.82) is 0 Å². The molecule has 0 aliphatic carbocycles. The lowest BCUT2D eigenvalue weighted by Gasteiger charge is -2.15. The van der Waals surface area contributed by atoms with Crippen LogP contribution in [0.5, 0.6) is 0 Å². The van der Waals surface area contributed by atoms with Gasteiger partial charge in [0.15, 0.2) is 4.77 Å². The normalized spacial score (nSPS) is 13.7. The summed E-state index contributed by atoms with van der Waals surface area (Å²) in [5.74, 6) is -0.0318. The Bertz CT molecular complexity index is 1530. The quantitative estimate of drug-likeness (QED) is 0.260. The average Bonchev–Trinajstić information content (AvgIpc) is 3.47. The van der Waals surface area contributed by atoms with Crippen LogP contribution in [-0.4, -0.2) is 50.9 Å². The summed E-state index contributed by atoms with van der Waals surface area (Å²) >= 11 is 5.48. The number of aryl methyl sites for hydroxylation is 1. The second-order valence-corrected chi connectivity index (χ2v) is 9.24. The van der Waals surface area contributed by atoms with Gasteiger partial charge in [-0.25, -0.2) is 0 Å². The summed E-state index contributed by atoms with van der Waals surface area (Å²) < 4.78 is 1.90. The number of likely N-dealkylation sites (tertiary alicyclic amines) is 1. The molecule has 180 valence electrons. The molecule has 0 bridgehead atoms. The maximum atomic E-state index is 13.2. The number of H-pyrrole nitrogens is 2. The monoisotopic (exact) mass is 489 g/mol. The molecule has 2 aromatic carbocycles. The standard InChI is InChI=1S/C26H27N5O3S/c32-23-7-3-12-30(23)13-4-11-27-24(33)17-8-9-20-22(15-17)29-26(35)31(25(20)34)14-10-18-16-28-21-6-2-1-5-19(18)21/h1-2,5-6,8-9,15-16,28H,3-4,7,10-14H2,(H,27,33)(H,29,35). The van der Waals surface area contributed by atoms with Crippen LogP contribution in [0.1, 0.15) is 35.2 Å². The van der Waals surface area contributed by atoms with Crippen LogP contribution in [0.3, 0.4) is 0 Å². The highest BCUT2D eigenvalue weighted by Crippen LogP contribution is 2.19. The molecule has 1 fully saturated rings. The number of carbonyl (C=O) groups is 2. The van der Waals surface area contributed by atoms with Crippen molar-refractivity contribution in [2.45, 2.75) is 32.2 Å². The number of aromatic nitrogens is 3. The van der Waals surface area contributed by atoms with E-state index < -0.39 is 0 Å². The third-order valence-electron chi connectivity index (χ3n) is 6.59. The molecule has 35 heavy (non-hydrogen) atoms. The molecular weight excluding hydrogens is 462 g/mol. The van der Waals surface area contributed by atoms with E-state index in [1.54, 1.807) is 22.8 Å². The van der Waals surface area contributed by atoms with Gasteiger partial charge in [-0.1, -0.05) is 18.2 Å². The Hall–Kier alpha value is -3.72. The number of hydrogen-bond donors (Lipinski definition) is 3. The topological polar surface area (TPSA) is 103 Å². The summed E-state index contributed by atoms with van der Waals surface area (Å²) in [5, 5.41) is 4.52. The van der Waals surface area contributed by atoms with Crippen molar-refractivity contribution in [3.63, 3.8) is 0 Å². The van der Waals surface area contributed by atoms with Crippen molar-refractivity contribution in [1.82, 2.24) is 24.8 Å². The summed E-state index contributed by atoms with van der Waals surface area (Å²) in [4.78, 5) is 45.7.